The van der Waals surface area contributed by atoms with Gasteiger partial charge in [-0.3, -0.25) is 24.9 Å². The third-order valence-corrected chi connectivity index (χ3v) is 15.1. The van der Waals surface area contributed by atoms with Crippen molar-refractivity contribution in [3.05, 3.63) is 93.8 Å². The van der Waals surface area contributed by atoms with Crippen molar-refractivity contribution >= 4 is 74.4 Å². The summed E-state index contributed by atoms with van der Waals surface area (Å²) < 4.78 is 20.2. The SMILES string of the molecule is CCc1cc(Nc2ncc(Br)c(Nc3ccc4nccnc4c3P(C)(C)=O)n2)c(OC)cc1C1CCC(N2CCC(CCc3ccc(C4CCC(=O)NC4=O)cc3)CC2)CC1. The average Bonchev–Trinajstić information content (AvgIpc) is 3.26. The van der Waals surface area contributed by atoms with E-state index in [1.807, 2.05) is 12.1 Å². The van der Waals surface area contributed by atoms with Gasteiger partial charge in [0.2, 0.25) is 17.8 Å². The molecule has 8 rings (SSSR count). The lowest BCUT2D eigenvalue weighted by atomic mass is 9.78. The number of aromatic nitrogens is 4. The summed E-state index contributed by atoms with van der Waals surface area (Å²) in [5.74, 6) is 2.35. The number of benzene rings is 3. The number of fused-ring (bicyclic) bond motifs is 1. The molecule has 61 heavy (non-hydrogen) atoms. The molecule has 5 aromatic rings. The number of methoxy groups -OCH3 is 1. The number of nitrogens with zero attached hydrogens (tertiary/aromatic N) is 5. The molecule has 3 aliphatic rings. The van der Waals surface area contributed by atoms with Crippen LogP contribution in [0, 0.1) is 5.92 Å². The molecular weight excluding hydrogens is 851 g/mol. The number of carbonyl (C=O) groups excluding carboxylic acids is 2. The Morgan fingerprint density at radius 2 is 1.66 bits per heavy atom. The molecule has 1 atom stereocenters. The lowest BCUT2D eigenvalue weighted by molar-refractivity contribution is -0.134. The van der Waals surface area contributed by atoms with Crippen molar-refractivity contribution in [3.8, 4) is 5.75 Å². The van der Waals surface area contributed by atoms with Gasteiger partial charge in [0.25, 0.3) is 0 Å². The minimum absolute atomic E-state index is 0.170. The van der Waals surface area contributed by atoms with Gasteiger partial charge in [-0.2, -0.15) is 4.98 Å². The first-order chi connectivity index (χ1) is 29.5. The van der Waals surface area contributed by atoms with Crippen molar-refractivity contribution in [1.82, 2.24) is 30.2 Å². The van der Waals surface area contributed by atoms with Gasteiger partial charge in [0.15, 0.2) is 0 Å². The van der Waals surface area contributed by atoms with Crippen LogP contribution in [-0.2, 0) is 27.0 Å². The second-order valence-corrected chi connectivity index (χ2v) is 21.3. The van der Waals surface area contributed by atoms with Gasteiger partial charge < -0.3 is 24.8 Å². The van der Waals surface area contributed by atoms with Crippen molar-refractivity contribution < 1.29 is 18.9 Å². The molecule has 12 nitrogen and oxygen atoms in total. The fourth-order valence-electron chi connectivity index (χ4n) is 9.68. The van der Waals surface area contributed by atoms with Gasteiger partial charge in [-0.1, -0.05) is 31.2 Å². The highest BCUT2D eigenvalue weighted by molar-refractivity contribution is 9.10. The molecule has 2 saturated heterocycles. The highest BCUT2D eigenvalue weighted by Gasteiger charge is 2.32. The zero-order chi connectivity index (χ0) is 42.7. The molecule has 3 aromatic carbocycles. The summed E-state index contributed by atoms with van der Waals surface area (Å²) >= 11 is 3.61. The Balaban J connectivity index is 0.862. The molecule has 14 heteroatoms. The largest absolute Gasteiger partial charge is 0.495 e. The van der Waals surface area contributed by atoms with E-state index in [1.165, 1.54) is 61.9 Å². The van der Waals surface area contributed by atoms with Crippen molar-refractivity contribution in [2.45, 2.75) is 95.4 Å². The Labute approximate surface area is 367 Å². The molecular formula is C47H56BrN8O4P. The minimum Gasteiger partial charge on any atom is -0.495 e. The molecule has 0 spiro atoms. The van der Waals surface area contributed by atoms with E-state index in [2.05, 4.69) is 95.1 Å². The van der Waals surface area contributed by atoms with Gasteiger partial charge in [-0.05, 0) is 165 Å². The van der Waals surface area contributed by atoms with Crippen molar-refractivity contribution in [2.24, 2.45) is 5.92 Å². The van der Waals surface area contributed by atoms with E-state index >= 15 is 0 Å². The number of amides is 2. The van der Waals surface area contributed by atoms with Crippen LogP contribution in [0.5, 0.6) is 5.75 Å². The van der Waals surface area contributed by atoms with E-state index in [-0.39, 0.29) is 17.7 Å². The first kappa shape index (κ1) is 43.0. The number of piperidine rings is 2. The van der Waals surface area contributed by atoms with Crippen molar-refractivity contribution in [3.63, 3.8) is 0 Å². The molecule has 3 fully saturated rings. The second kappa shape index (κ2) is 18.7. The molecule has 0 bridgehead atoms. The number of likely N-dealkylation sites (tertiary alicyclic amines) is 1. The summed E-state index contributed by atoms with van der Waals surface area (Å²) in [6.07, 6.45) is 16.4. The van der Waals surface area contributed by atoms with E-state index in [9.17, 15) is 14.2 Å². The number of imide groups is 1. The highest BCUT2D eigenvalue weighted by atomic mass is 79.9. The number of carbonyl (C=O) groups is 2. The van der Waals surface area contributed by atoms with Crippen LogP contribution in [0.25, 0.3) is 11.0 Å². The molecule has 2 aliphatic heterocycles. The first-order valence-electron chi connectivity index (χ1n) is 21.7. The topological polar surface area (TPSA) is 151 Å². The minimum atomic E-state index is -2.76. The Bertz CT molecular complexity index is 2440. The molecule has 1 unspecified atom stereocenters. The van der Waals surface area contributed by atoms with E-state index < -0.39 is 7.14 Å². The quantitative estimate of drug-likeness (QED) is 0.0766. The summed E-state index contributed by atoms with van der Waals surface area (Å²) in [7, 11) is -1.05. The Morgan fingerprint density at radius 1 is 0.902 bits per heavy atom. The molecule has 4 heterocycles. The lowest BCUT2D eigenvalue weighted by Crippen LogP contribution is -2.43. The molecule has 320 valence electrons. The van der Waals surface area contributed by atoms with Crippen LogP contribution in [0.2, 0.25) is 0 Å². The third-order valence-electron chi connectivity index (χ3n) is 13.0. The Kier molecular flexibility index (Phi) is 13.2. The summed E-state index contributed by atoms with van der Waals surface area (Å²) in [5.41, 5.74) is 7.77. The Morgan fingerprint density at radius 3 is 2.36 bits per heavy atom. The molecule has 2 amide bonds. The predicted octanol–water partition coefficient (Wildman–Crippen LogP) is 9.38. The fourth-order valence-corrected chi connectivity index (χ4v) is 11.4. The maximum absolute atomic E-state index is 13.5. The van der Waals surface area contributed by atoms with Crippen LogP contribution in [-0.4, -0.2) is 76.2 Å². The monoisotopic (exact) mass is 906 g/mol. The zero-order valence-electron chi connectivity index (χ0n) is 35.5. The van der Waals surface area contributed by atoms with Gasteiger partial charge in [-0.15, -0.1) is 0 Å². The van der Waals surface area contributed by atoms with E-state index in [0.717, 1.165) is 48.6 Å². The van der Waals surface area contributed by atoms with Crippen molar-refractivity contribution in [2.75, 3.05) is 44.2 Å². The number of hydrogen-bond acceptors (Lipinski definition) is 11. The summed E-state index contributed by atoms with van der Waals surface area (Å²) in [5, 5.41) is 9.93. The maximum atomic E-state index is 13.5. The predicted molar refractivity (Wildman–Crippen MR) is 246 cm³/mol. The number of aryl methyl sites for hydroxylation is 2. The molecule has 1 saturated carbocycles. The standard InChI is InChI=1S/C47H56BrN8O4P/c1-5-31-26-40(53-47-51-28-37(48)45(55-47)52-39-18-17-38-43(50-23-22-49-38)44(39)61(3,4)59)41(60-2)27-36(31)33-12-14-34(15-13-33)56-24-20-30(21-25-56)7-6-29-8-10-32(11-9-29)35-16-19-42(57)54-46(35)58/h8-11,17-18,22-23,26-28,30,33-35H,5-7,12-16,19-21,24-25H2,1-4H3,(H,54,57,58)(H2,51,52,53,55). The lowest BCUT2D eigenvalue weighted by Gasteiger charge is -2.41. The molecule has 0 radical (unpaired) electrons. The first-order valence-corrected chi connectivity index (χ1v) is 25.1. The van der Waals surface area contributed by atoms with Crippen LogP contribution in [0.1, 0.15) is 98.8 Å². The van der Waals surface area contributed by atoms with Gasteiger partial charge in [0.1, 0.15) is 24.2 Å². The molecule has 3 N–H and O–H groups in total. The number of halogens is 1. The van der Waals surface area contributed by atoms with Crippen LogP contribution in [0.15, 0.2) is 71.6 Å². The number of anilines is 4. The summed E-state index contributed by atoms with van der Waals surface area (Å²) in [4.78, 5) is 44.9. The average molecular weight is 908 g/mol. The maximum Gasteiger partial charge on any atom is 0.234 e. The van der Waals surface area contributed by atoms with Crippen LogP contribution < -0.4 is 26.0 Å². The normalized spacial score (nSPS) is 20.4. The zero-order valence-corrected chi connectivity index (χ0v) is 38.0. The molecule has 2 aromatic heterocycles. The Hall–Kier alpha value is -4.71. The highest BCUT2D eigenvalue weighted by Crippen LogP contribution is 2.43. The number of ether oxygens (including phenoxy) is 1. The van der Waals surface area contributed by atoms with Gasteiger partial charge in [0, 0.05) is 31.1 Å². The summed E-state index contributed by atoms with van der Waals surface area (Å²) in [6, 6.07) is 17.3. The van der Waals surface area contributed by atoms with Gasteiger partial charge in [-0.25, -0.2) is 4.98 Å². The van der Waals surface area contributed by atoms with E-state index in [4.69, 9.17) is 9.72 Å². The smallest absolute Gasteiger partial charge is 0.234 e. The number of rotatable bonds is 13. The van der Waals surface area contributed by atoms with Crippen LogP contribution in [0.3, 0.4) is 0 Å². The van der Waals surface area contributed by atoms with Crippen LogP contribution >= 0.6 is 23.1 Å². The molecule has 1 aliphatic carbocycles. The van der Waals surface area contributed by atoms with Gasteiger partial charge in [0.05, 0.1) is 39.7 Å². The second-order valence-electron chi connectivity index (χ2n) is 17.3. The third kappa shape index (κ3) is 9.84. The van der Waals surface area contributed by atoms with E-state index in [0.29, 0.717) is 63.1 Å². The van der Waals surface area contributed by atoms with E-state index in [1.54, 1.807) is 39.0 Å². The summed E-state index contributed by atoms with van der Waals surface area (Å²) in [6.45, 7) is 8.04. The van der Waals surface area contributed by atoms with Crippen molar-refractivity contribution in [1.29, 1.82) is 0 Å². The fraction of sp³-hybridized carbons (Fsp3) is 0.447. The van der Waals surface area contributed by atoms with Crippen LogP contribution in [0.4, 0.5) is 23.1 Å². The number of hydrogen-bond donors (Lipinski definition) is 3. The number of nitrogens with one attached hydrogen (secondary N) is 3. The van der Waals surface area contributed by atoms with Gasteiger partial charge >= 0.3 is 0 Å².